The highest BCUT2D eigenvalue weighted by Crippen LogP contribution is 2.19. The molecule has 0 saturated heterocycles. The van der Waals surface area contributed by atoms with Gasteiger partial charge in [-0.05, 0) is 46.5 Å². The summed E-state index contributed by atoms with van der Waals surface area (Å²) >= 11 is 5.75. The minimum Gasteiger partial charge on any atom is -0.444 e. The van der Waals surface area contributed by atoms with Gasteiger partial charge in [0, 0.05) is 18.2 Å². The van der Waals surface area contributed by atoms with Gasteiger partial charge in [0.2, 0.25) is 0 Å². The SMILES string of the molecule is CC(C)(C)OC(=O)NC1CCC(NC(=O)Nc2cc(Cl)ncn2)CC1. The summed E-state index contributed by atoms with van der Waals surface area (Å²) in [6.45, 7) is 5.49. The topological polar surface area (TPSA) is 105 Å². The Morgan fingerprint density at radius 2 is 1.72 bits per heavy atom. The van der Waals surface area contributed by atoms with E-state index < -0.39 is 11.7 Å². The highest BCUT2D eigenvalue weighted by molar-refractivity contribution is 6.29. The van der Waals surface area contributed by atoms with E-state index in [9.17, 15) is 9.59 Å². The molecule has 3 amide bonds. The van der Waals surface area contributed by atoms with Gasteiger partial charge in [-0.2, -0.15) is 0 Å². The Bertz CT molecular complexity index is 612. The molecule has 1 fully saturated rings. The summed E-state index contributed by atoms with van der Waals surface area (Å²) < 4.78 is 5.26. The van der Waals surface area contributed by atoms with Crippen molar-refractivity contribution in [1.82, 2.24) is 20.6 Å². The minimum atomic E-state index is -0.509. The average Bonchev–Trinajstić information content (AvgIpc) is 2.47. The molecule has 2 rings (SSSR count). The predicted octanol–water partition coefficient (Wildman–Crippen LogP) is 3.09. The number of rotatable bonds is 3. The molecule has 1 heterocycles. The summed E-state index contributed by atoms with van der Waals surface area (Å²) in [6.07, 6.45) is 4.00. The molecule has 0 spiro atoms. The van der Waals surface area contributed by atoms with Crippen LogP contribution in [0.15, 0.2) is 12.4 Å². The first-order valence-electron chi connectivity index (χ1n) is 8.26. The van der Waals surface area contributed by atoms with Gasteiger partial charge in [-0.25, -0.2) is 19.6 Å². The lowest BCUT2D eigenvalue weighted by Crippen LogP contribution is -2.46. The number of urea groups is 1. The zero-order valence-electron chi connectivity index (χ0n) is 14.6. The van der Waals surface area contributed by atoms with E-state index in [2.05, 4.69) is 25.9 Å². The molecular formula is C16H24ClN5O3. The number of carbonyl (C=O) groups is 2. The van der Waals surface area contributed by atoms with Crippen molar-refractivity contribution >= 4 is 29.5 Å². The van der Waals surface area contributed by atoms with E-state index in [1.165, 1.54) is 12.4 Å². The van der Waals surface area contributed by atoms with Crippen LogP contribution in [-0.2, 0) is 4.74 Å². The van der Waals surface area contributed by atoms with E-state index in [4.69, 9.17) is 16.3 Å². The second-order valence-corrected chi connectivity index (χ2v) is 7.41. The van der Waals surface area contributed by atoms with Crippen molar-refractivity contribution in [2.45, 2.75) is 64.1 Å². The maximum absolute atomic E-state index is 12.0. The molecule has 138 valence electrons. The molecule has 1 saturated carbocycles. The van der Waals surface area contributed by atoms with Crippen LogP contribution in [0.2, 0.25) is 5.15 Å². The first-order valence-corrected chi connectivity index (χ1v) is 8.63. The molecule has 1 aromatic rings. The van der Waals surface area contributed by atoms with E-state index >= 15 is 0 Å². The van der Waals surface area contributed by atoms with Gasteiger partial charge < -0.3 is 15.4 Å². The fourth-order valence-electron chi connectivity index (χ4n) is 2.60. The van der Waals surface area contributed by atoms with Crippen LogP contribution in [0, 0.1) is 0 Å². The monoisotopic (exact) mass is 369 g/mol. The highest BCUT2D eigenvalue weighted by atomic mass is 35.5. The van der Waals surface area contributed by atoms with Gasteiger partial charge in [0.1, 0.15) is 22.9 Å². The molecule has 0 atom stereocenters. The first-order chi connectivity index (χ1) is 11.7. The lowest BCUT2D eigenvalue weighted by atomic mass is 9.91. The maximum Gasteiger partial charge on any atom is 0.407 e. The molecule has 0 bridgehead atoms. The summed E-state index contributed by atoms with van der Waals surface area (Å²) in [5.74, 6) is 0.345. The zero-order valence-corrected chi connectivity index (χ0v) is 15.4. The molecule has 1 aromatic heterocycles. The maximum atomic E-state index is 12.0. The predicted molar refractivity (Wildman–Crippen MR) is 94.6 cm³/mol. The van der Waals surface area contributed by atoms with Crippen LogP contribution < -0.4 is 16.0 Å². The zero-order chi connectivity index (χ0) is 18.4. The fraction of sp³-hybridized carbons (Fsp3) is 0.625. The minimum absolute atomic E-state index is 0.0500. The summed E-state index contributed by atoms with van der Waals surface area (Å²) in [5, 5.41) is 8.66. The van der Waals surface area contributed by atoms with Crippen molar-refractivity contribution in [1.29, 1.82) is 0 Å². The number of alkyl carbamates (subject to hydrolysis) is 1. The normalized spacial score (nSPS) is 20.5. The molecule has 0 aliphatic heterocycles. The van der Waals surface area contributed by atoms with Gasteiger partial charge in [0.05, 0.1) is 0 Å². The Balaban J connectivity index is 1.71. The molecular weight excluding hydrogens is 346 g/mol. The summed E-state index contributed by atoms with van der Waals surface area (Å²) in [7, 11) is 0. The van der Waals surface area contributed by atoms with Crippen molar-refractivity contribution in [2.75, 3.05) is 5.32 Å². The summed E-state index contributed by atoms with van der Waals surface area (Å²) in [6, 6.07) is 1.26. The van der Waals surface area contributed by atoms with Crippen LogP contribution in [0.1, 0.15) is 46.5 Å². The third-order valence-electron chi connectivity index (χ3n) is 3.66. The van der Waals surface area contributed by atoms with Crippen LogP contribution in [-0.4, -0.2) is 39.8 Å². The van der Waals surface area contributed by atoms with E-state index in [0.29, 0.717) is 5.82 Å². The Morgan fingerprint density at radius 3 is 2.28 bits per heavy atom. The van der Waals surface area contributed by atoms with Gasteiger partial charge >= 0.3 is 12.1 Å². The molecule has 0 aromatic carbocycles. The number of ether oxygens (including phenoxy) is 1. The number of halogens is 1. The number of aromatic nitrogens is 2. The second-order valence-electron chi connectivity index (χ2n) is 7.02. The standard InChI is InChI=1S/C16H24ClN5O3/c1-16(2,3)25-15(24)21-11-6-4-10(5-7-11)20-14(23)22-13-8-12(17)18-9-19-13/h8-11H,4-7H2,1-3H3,(H,21,24)(H2,18,19,20,22,23). The molecule has 3 N–H and O–H groups in total. The molecule has 8 nitrogen and oxygen atoms in total. The van der Waals surface area contributed by atoms with Crippen molar-refractivity contribution in [3.63, 3.8) is 0 Å². The van der Waals surface area contributed by atoms with Crippen molar-refractivity contribution < 1.29 is 14.3 Å². The second kappa shape index (κ2) is 8.33. The van der Waals surface area contributed by atoms with Crippen LogP contribution in [0.4, 0.5) is 15.4 Å². The van der Waals surface area contributed by atoms with Crippen LogP contribution >= 0.6 is 11.6 Å². The van der Waals surface area contributed by atoms with Gasteiger partial charge in [-0.1, -0.05) is 11.6 Å². The molecule has 0 unspecified atom stereocenters. The Labute approximate surface area is 152 Å². The summed E-state index contributed by atoms with van der Waals surface area (Å²) in [5.41, 5.74) is -0.509. The number of nitrogens with zero attached hydrogens (tertiary/aromatic N) is 2. The van der Waals surface area contributed by atoms with Crippen molar-refractivity contribution in [3.8, 4) is 0 Å². The van der Waals surface area contributed by atoms with Gasteiger partial charge in [-0.3, -0.25) is 5.32 Å². The number of hydrogen-bond acceptors (Lipinski definition) is 5. The number of anilines is 1. The summed E-state index contributed by atoms with van der Waals surface area (Å²) in [4.78, 5) is 31.4. The highest BCUT2D eigenvalue weighted by Gasteiger charge is 2.25. The number of hydrogen-bond donors (Lipinski definition) is 3. The lowest BCUT2D eigenvalue weighted by molar-refractivity contribution is 0.0490. The Hall–Kier alpha value is -2.09. The third-order valence-corrected chi connectivity index (χ3v) is 3.87. The first kappa shape index (κ1) is 19.2. The number of nitrogens with one attached hydrogen (secondary N) is 3. The smallest absolute Gasteiger partial charge is 0.407 e. The van der Waals surface area contributed by atoms with Crippen molar-refractivity contribution in [2.24, 2.45) is 0 Å². The van der Waals surface area contributed by atoms with Gasteiger partial charge in [-0.15, -0.1) is 0 Å². The van der Waals surface area contributed by atoms with Crippen LogP contribution in [0.5, 0.6) is 0 Å². The average molecular weight is 370 g/mol. The molecule has 1 aliphatic carbocycles. The lowest BCUT2D eigenvalue weighted by Gasteiger charge is -2.30. The number of carbonyl (C=O) groups excluding carboxylic acids is 2. The molecule has 25 heavy (non-hydrogen) atoms. The third kappa shape index (κ3) is 7.13. The molecule has 9 heteroatoms. The largest absolute Gasteiger partial charge is 0.444 e. The van der Waals surface area contributed by atoms with E-state index in [1.54, 1.807) is 0 Å². The van der Waals surface area contributed by atoms with E-state index in [-0.39, 0.29) is 23.3 Å². The fourth-order valence-corrected chi connectivity index (χ4v) is 2.74. The molecule has 1 aliphatic rings. The molecule has 0 radical (unpaired) electrons. The van der Waals surface area contributed by atoms with Gasteiger partial charge in [0.25, 0.3) is 0 Å². The number of amides is 3. The van der Waals surface area contributed by atoms with Crippen LogP contribution in [0.3, 0.4) is 0 Å². The van der Waals surface area contributed by atoms with Crippen molar-refractivity contribution in [3.05, 3.63) is 17.5 Å². The van der Waals surface area contributed by atoms with Gasteiger partial charge in [0.15, 0.2) is 0 Å². The Kier molecular flexibility index (Phi) is 6.41. The quantitative estimate of drug-likeness (QED) is 0.710. The van der Waals surface area contributed by atoms with Crippen LogP contribution in [0.25, 0.3) is 0 Å². The Morgan fingerprint density at radius 1 is 1.12 bits per heavy atom. The van der Waals surface area contributed by atoms with E-state index in [0.717, 1.165) is 25.7 Å². The van der Waals surface area contributed by atoms with E-state index in [1.807, 2.05) is 20.8 Å².